The summed E-state index contributed by atoms with van der Waals surface area (Å²) in [5.74, 6) is 0.478. The first-order valence-electron chi connectivity index (χ1n) is 9.81. The standard InChI is InChI=1S/C21H24ClN3O3S/c22-18-7-4-8-19(15-18)29(27,28)25-13-11-24(12-14-25)21(26)23-20(17-9-10-17)16-5-2-1-3-6-16/h1-8,15,17,20H,9-14H2,(H,23,26)/t20-/m1/s1. The van der Waals surface area contributed by atoms with E-state index >= 15 is 0 Å². The van der Waals surface area contributed by atoms with E-state index in [-0.39, 0.29) is 30.1 Å². The minimum Gasteiger partial charge on any atom is -0.331 e. The smallest absolute Gasteiger partial charge is 0.317 e. The zero-order chi connectivity index (χ0) is 20.4. The molecule has 1 saturated carbocycles. The number of urea groups is 1. The molecule has 6 nitrogen and oxygen atoms in total. The van der Waals surface area contributed by atoms with Crippen LogP contribution in [0.1, 0.15) is 24.4 Å². The van der Waals surface area contributed by atoms with Crippen molar-refractivity contribution < 1.29 is 13.2 Å². The molecule has 4 rings (SSSR count). The van der Waals surface area contributed by atoms with Gasteiger partial charge in [0, 0.05) is 31.2 Å². The number of halogens is 1. The molecule has 154 valence electrons. The van der Waals surface area contributed by atoms with Gasteiger partial charge in [0.05, 0.1) is 10.9 Å². The van der Waals surface area contributed by atoms with E-state index in [1.807, 2.05) is 30.3 Å². The number of benzene rings is 2. The SMILES string of the molecule is O=C(N[C@H](c1ccccc1)C1CC1)N1CCN(S(=O)(=O)c2cccc(Cl)c2)CC1. The van der Waals surface area contributed by atoms with Gasteiger partial charge >= 0.3 is 6.03 Å². The number of hydrogen-bond acceptors (Lipinski definition) is 3. The number of rotatable bonds is 5. The number of carbonyl (C=O) groups is 1. The number of nitrogens with one attached hydrogen (secondary N) is 1. The van der Waals surface area contributed by atoms with Crippen LogP contribution in [0.5, 0.6) is 0 Å². The van der Waals surface area contributed by atoms with E-state index in [1.54, 1.807) is 23.1 Å². The predicted octanol–water partition coefficient (Wildman–Crippen LogP) is 3.51. The average Bonchev–Trinajstić information content (AvgIpc) is 3.58. The molecule has 0 aromatic heterocycles. The highest BCUT2D eigenvalue weighted by Gasteiger charge is 2.35. The van der Waals surface area contributed by atoms with Crippen LogP contribution in [0.2, 0.25) is 5.02 Å². The van der Waals surface area contributed by atoms with Crippen LogP contribution in [0.4, 0.5) is 4.79 Å². The number of piperazine rings is 1. The summed E-state index contributed by atoms with van der Waals surface area (Å²) in [5, 5.41) is 3.54. The molecule has 2 fully saturated rings. The van der Waals surface area contributed by atoms with Crippen molar-refractivity contribution in [1.82, 2.24) is 14.5 Å². The fourth-order valence-electron chi connectivity index (χ4n) is 3.70. The van der Waals surface area contributed by atoms with Gasteiger partial charge in [-0.15, -0.1) is 0 Å². The molecule has 1 atom stereocenters. The van der Waals surface area contributed by atoms with E-state index in [9.17, 15) is 13.2 Å². The molecule has 2 amide bonds. The summed E-state index contributed by atoms with van der Waals surface area (Å²) in [6, 6.07) is 16.2. The number of nitrogens with zero attached hydrogens (tertiary/aromatic N) is 2. The quantitative estimate of drug-likeness (QED) is 0.784. The lowest BCUT2D eigenvalue weighted by atomic mass is 10.0. The maximum atomic E-state index is 12.8. The molecule has 2 aromatic carbocycles. The molecule has 0 radical (unpaired) electrons. The minimum atomic E-state index is -3.61. The van der Waals surface area contributed by atoms with E-state index in [0.717, 1.165) is 18.4 Å². The summed E-state index contributed by atoms with van der Waals surface area (Å²) < 4.78 is 27.1. The molecule has 0 unspecified atom stereocenters. The lowest BCUT2D eigenvalue weighted by Gasteiger charge is -2.35. The Morgan fingerprint density at radius 3 is 2.31 bits per heavy atom. The summed E-state index contributed by atoms with van der Waals surface area (Å²) in [7, 11) is -3.61. The second kappa shape index (κ2) is 8.34. The zero-order valence-corrected chi connectivity index (χ0v) is 17.6. The predicted molar refractivity (Wildman–Crippen MR) is 112 cm³/mol. The third-order valence-corrected chi connectivity index (χ3v) is 7.62. The Balaban J connectivity index is 1.38. The molecule has 1 saturated heterocycles. The van der Waals surface area contributed by atoms with Crippen LogP contribution >= 0.6 is 11.6 Å². The normalized spacial score (nSPS) is 19.0. The molecule has 1 aliphatic heterocycles. The number of sulfonamides is 1. The van der Waals surface area contributed by atoms with Crippen LogP contribution in [0.3, 0.4) is 0 Å². The van der Waals surface area contributed by atoms with Crippen molar-refractivity contribution in [2.24, 2.45) is 5.92 Å². The maximum absolute atomic E-state index is 12.8. The van der Waals surface area contributed by atoms with Gasteiger partial charge in [-0.25, -0.2) is 13.2 Å². The third kappa shape index (κ3) is 4.57. The zero-order valence-electron chi connectivity index (χ0n) is 16.0. The largest absolute Gasteiger partial charge is 0.331 e. The van der Waals surface area contributed by atoms with Gasteiger partial charge in [-0.2, -0.15) is 4.31 Å². The van der Waals surface area contributed by atoms with Crippen LogP contribution in [-0.4, -0.2) is 49.8 Å². The average molecular weight is 434 g/mol. The van der Waals surface area contributed by atoms with Gasteiger partial charge < -0.3 is 10.2 Å². The van der Waals surface area contributed by atoms with Gasteiger partial charge in [-0.1, -0.05) is 48.0 Å². The van der Waals surface area contributed by atoms with Gasteiger partial charge in [0.25, 0.3) is 0 Å². The van der Waals surface area contributed by atoms with Gasteiger partial charge in [0.15, 0.2) is 0 Å². The highest BCUT2D eigenvalue weighted by atomic mass is 35.5. The van der Waals surface area contributed by atoms with Gasteiger partial charge in [-0.3, -0.25) is 0 Å². The lowest BCUT2D eigenvalue weighted by molar-refractivity contribution is 0.167. The first-order valence-corrected chi connectivity index (χ1v) is 11.6. The molecule has 0 spiro atoms. The highest BCUT2D eigenvalue weighted by molar-refractivity contribution is 7.89. The van der Waals surface area contributed by atoms with Crippen molar-refractivity contribution in [3.63, 3.8) is 0 Å². The number of hydrogen-bond donors (Lipinski definition) is 1. The van der Waals surface area contributed by atoms with Gasteiger partial charge in [0.2, 0.25) is 10.0 Å². The Kier molecular flexibility index (Phi) is 5.81. The van der Waals surface area contributed by atoms with E-state index in [0.29, 0.717) is 24.0 Å². The topological polar surface area (TPSA) is 69.7 Å². The molecule has 1 N–H and O–H groups in total. The van der Waals surface area contributed by atoms with E-state index < -0.39 is 10.0 Å². The first kappa shape index (κ1) is 20.2. The lowest BCUT2D eigenvalue weighted by Crippen LogP contribution is -2.53. The van der Waals surface area contributed by atoms with Crippen LogP contribution in [0.15, 0.2) is 59.5 Å². The maximum Gasteiger partial charge on any atom is 0.317 e. The second-order valence-electron chi connectivity index (χ2n) is 7.52. The van der Waals surface area contributed by atoms with E-state index in [1.165, 1.54) is 10.4 Å². The van der Waals surface area contributed by atoms with Gasteiger partial charge in [0.1, 0.15) is 0 Å². The Hall–Kier alpha value is -2.09. The monoisotopic (exact) mass is 433 g/mol. The Morgan fingerprint density at radius 2 is 1.69 bits per heavy atom. The van der Waals surface area contributed by atoms with Crippen LogP contribution < -0.4 is 5.32 Å². The van der Waals surface area contributed by atoms with Crippen LogP contribution in [-0.2, 0) is 10.0 Å². The van der Waals surface area contributed by atoms with Crippen molar-refractivity contribution in [3.05, 3.63) is 65.2 Å². The van der Waals surface area contributed by atoms with E-state index in [2.05, 4.69) is 5.32 Å². The van der Waals surface area contributed by atoms with E-state index in [4.69, 9.17) is 11.6 Å². The number of amides is 2. The van der Waals surface area contributed by atoms with Crippen LogP contribution in [0, 0.1) is 5.92 Å². The Labute approximate surface area is 176 Å². The van der Waals surface area contributed by atoms with Crippen molar-refractivity contribution in [2.45, 2.75) is 23.8 Å². The summed E-state index contributed by atoms with van der Waals surface area (Å²) >= 11 is 5.94. The molecule has 1 heterocycles. The fraction of sp³-hybridized carbons (Fsp3) is 0.381. The molecule has 2 aromatic rings. The molecule has 8 heteroatoms. The molecule has 1 aliphatic carbocycles. The first-order chi connectivity index (χ1) is 13.9. The minimum absolute atomic E-state index is 0.0110. The Morgan fingerprint density at radius 1 is 1.00 bits per heavy atom. The molecular formula is C21H24ClN3O3S. The van der Waals surface area contributed by atoms with Crippen molar-refractivity contribution in [2.75, 3.05) is 26.2 Å². The highest BCUT2D eigenvalue weighted by Crippen LogP contribution is 2.41. The van der Waals surface area contributed by atoms with Gasteiger partial charge in [-0.05, 0) is 42.5 Å². The molecule has 0 bridgehead atoms. The third-order valence-electron chi connectivity index (χ3n) is 5.49. The summed E-state index contributed by atoms with van der Waals surface area (Å²) in [5.41, 5.74) is 1.12. The summed E-state index contributed by atoms with van der Waals surface area (Å²) in [6.45, 7) is 1.25. The second-order valence-corrected chi connectivity index (χ2v) is 9.90. The van der Waals surface area contributed by atoms with Crippen molar-refractivity contribution in [1.29, 1.82) is 0 Å². The summed E-state index contributed by atoms with van der Waals surface area (Å²) in [6.07, 6.45) is 2.23. The molecule has 2 aliphatic rings. The van der Waals surface area contributed by atoms with Crippen LogP contribution in [0.25, 0.3) is 0 Å². The molecule has 29 heavy (non-hydrogen) atoms. The summed E-state index contributed by atoms with van der Waals surface area (Å²) in [4.78, 5) is 14.7. The number of carbonyl (C=O) groups excluding carboxylic acids is 1. The van der Waals surface area contributed by atoms with Crippen molar-refractivity contribution in [3.8, 4) is 0 Å². The molecular weight excluding hydrogens is 410 g/mol. The van der Waals surface area contributed by atoms with Crippen molar-refractivity contribution >= 4 is 27.7 Å². The fourth-order valence-corrected chi connectivity index (χ4v) is 5.42. The Bertz CT molecular complexity index is 972.